The molecule has 0 bridgehead atoms. The van der Waals surface area contributed by atoms with Gasteiger partial charge in [0.1, 0.15) is 12.2 Å². The van der Waals surface area contributed by atoms with Gasteiger partial charge in [0.15, 0.2) is 0 Å². The van der Waals surface area contributed by atoms with Crippen molar-refractivity contribution >= 4 is 11.9 Å². The Kier molecular flexibility index (Phi) is 6.97. The lowest BCUT2D eigenvalue weighted by Crippen LogP contribution is -2.40. The van der Waals surface area contributed by atoms with Crippen LogP contribution in [-0.2, 0) is 19.1 Å². The summed E-state index contributed by atoms with van der Waals surface area (Å²) in [5.41, 5.74) is 1.27. The van der Waals surface area contributed by atoms with Gasteiger partial charge in [-0.05, 0) is 49.5 Å². The van der Waals surface area contributed by atoms with Gasteiger partial charge in [-0.2, -0.15) is 0 Å². The van der Waals surface area contributed by atoms with Crippen LogP contribution in [-0.4, -0.2) is 35.4 Å². The Morgan fingerprint density at radius 2 is 2.18 bits per heavy atom. The molecule has 5 heteroatoms. The first-order chi connectivity index (χ1) is 13.4. The molecule has 0 saturated carbocycles. The number of carbonyl (C=O) groups excluding carboxylic acids is 2. The van der Waals surface area contributed by atoms with Crippen LogP contribution >= 0.6 is 0 Å². The van der Waals surface area contributed by atoms with E-state index in [1.165, 1.54) is 5.57 Å². The summed E-state index contributed by atoms with van der Waals surface area (Å²) in [6, 6.07) is 0. The highest BCUT2D eigenvalue weighted by atomic mass is 16.5. The number of carbonyl (C=O) groups is 2. The maximum absolute atomic E-state index is 12.4. The Bertz CT molecular complexity index is 637. The summed E-state index contributed by atoms with van der Waals surface area (Å²) >= 11 is 0. The van der Waals surface area contributed by atoms with Crippen molar-refractivity contribution in [3.05, 3.63) is 23.8 Å². The molecule has 1 heterocycles. The Labute approximate surface area is 168 Å². The third kappa shape index (κ3) is 4.86. The minimum absolute atomic E-state index is 0.0764. The largest absolute Gasteiger partial charge is 0.462 e. The second-order valence-electron chi connectivity index (χ2n) is 8.76. The van der Waals surface area contributed by atoms with Crippen molar-refractivity contribution < 1.29 is 24.2 Å². The molecule has 1 aliphatic heterocycles. The average Bonchev–Trinajstić information content (AvgIpc) is 2.66. The average molecular weight is 391 g/mol. The van der Waals surface area contributed by atoms with E-state index in [1.807, 2.05) is 13.8 Å². The van der Waals surface area contributed by atoms with E-state index in [1.54, 1.807) is 0 Å². The molecule has 0 aromatic rings. The van der Waals surface area contributed by atoms with Crippen molar-refractivity contribution in [3.63, 3.8) is 0 Å². The van der Waals surface area contributed by atoms with Crippen LogP contribution in [0.3, 0.4) is 0 Å². The van der Waals surface area contributed by atoms with E-state index >= 15 is 0 Å². The zero-order valence-electron chi connectivity index (χ0n) is 17.3. The maximum Gasteiger partial charge on any atom is 0.308 e. The van der Waals surface area contributed by atoms with Crippen molar-refractivity contribution in [2.45, 2.75) is 84.0 Å². The molecule has 0 unspecified atom stereocenters. The Morgan fingerprint density at radius 1 is 1.39 bits per heavy atom. The topological polar surface area (TPSA) is 72.8 Å². The normalized spacial score (nSPS) is 36.1. The summed E-state index contributed by atoms with van der Waals surface area (Å²) in [6.45, 7) is 6.14. The van der Waals surface area contributed by atoms with Gasteiger partial charge in [0.2, 0.25) is 0 Å². The molecule has 7 atom stereocenters. The zero-order valence-corrected chi connectivity index (χ0v) is 17.3. The van der Waals surface area contributed by atoms with E-state index < -0.39 is 6.10 Å². The van der Waals surface area contributed by atoms with E-state index in [4.69, 9.17) is 9.47 Å². The van der Waals surface area contributed by atoms with Gasteiger partial charge >= 0.3 is 11.9 Å². The van der Waals surface area contributed by atoms with Crippen LogP contribution in [0.25, 0.3) is 0 Å². The van der Waals surface area contributed by atoms with Gasteiger partial charge in [-0.3, -0.25) is 9.59 Å². The minimum Gasteiger partial charge on any atom is -0.462 e. The first-order valence-electron chi connectivity index (χ1n) is 10.8. The molecular formula is C23H34O5. The molecule has 0 radical (unpaired) electrons. The van der Waals surface area contributed by atoms with Gasteiger partial charge in [0, 0.05) is 12.3 Å². The second kappa shape index (κ2) is 9.25. The fourth-order valence-corrected chi connectivity index (χ4v) is 4.80. The lowest BCUT2D eigenvalue weighted by Gasteiger charge is -2.42. The van der Waals surface area contributed by atoms with Gasteiger partial charge in [0.25, 0.3) is 0 Å². The summed E-state index contributed by atoms with van der Waals surface area (Å²) in [7, 11) is 0. The van der Waals surface area contributed by atoms with Crippen molar-refractivity contribution in [1.82, 2.24) is 0 Å². The maximum atomic E-state index is 12.4. The van der Waals surface area contributed by atoms with Crippen molar-refractivity contribution in [2.75, 3.05) is 0 Å². The highest BCUT2D eigenvalue weighted by Crippen LogP contribution is 2.44. The fraction of sp³-hybridized carbons (Fsp3) is 0.739. The molecule has 5 nitrogen and oxygen atoms in total. The van der Waals surface area contributed by atoms with E-state index in [9.17, 15) is 14.7 Å². The lowest BCUT2D eigenvalue weighted by molar-refractivity contribution is -0.162. The van der Waals surface area contributed by atoms with Crippen molar-refractivity contribution in [2.24, 2.45) is 23.7 Å². The number of allylic oxidation sites excluding steroid dienone is 3. The standard InChI is InChI=1S/C23H34O5/c1-4-14(2)23(26)28-20-7-5-6-16-9-8-15(3)19(22(16)20)11-10-18-12-17(24)13-21(25)27-18/h6,8-9,14-15,17-20,22,24H,4-5,7,10-13H2,1-3H3/t14-,15-,17+,18+,19-,20-,22+/m0/s1. The van der Waals surface area contributed by atoms with E-state index in [0.29, 0.717) is 18.3 Å². The SMILES string of the molecule is CC[C@H](C)C(=O)O[C@H]1CCC=C2C=C[C@H](C)[C@H](CC[C@@H]3C[C@@H](O)CC(=O)O3)[C@@H]21. The number of esters is 2. The Morgan fingerprint density at radius 3 is 2.89 bits per heavy atom. The Balaban J connectivity index is 1.70. The van der Waals surface area contributed by atoms with Crippen LogP contribution in [0.15, 0.2) is 23.8 Å². The number of ether oxygens (including phenoxy) is 2. The van der Waals surface area contributed by atoms with Gasteiger partial charge in [-0.15, -0.1) is 0 Å². The van der Waals surface area contributed by atoms with Crippen LogP contribution in [0, 0.1) is 23.7 Å². The van der Waals surface area contributed by atoms with Crippen molar-refractivity contribution in [3.8, 4) is 0 Å². The molecule has 2 aliphatic carbocycles. The highest BCUT2D eigenvalue weighted by molar-refractivity contribution is 5.72. The summed E-state index contributed by atoms with van der Waals surface area (Å²) in [4.78, 5) is 24.1. The number of hydrogen-bond donors (Lipinski definition) is 1. The van der Waals surface area contributed by atoms with Gasteiger partial charge < -0.3 is 14.6 Å². The molecule has 0 aromatic heterocycles. The first kappa shape index (κ1) is 21.1. The molecule has 3 rings (SSSR count). The quantitative estimate of drug-likeness (QED) is 0.695. The van der Waals surface area contributed by atoms with Crippen molar-refractivity contribution in [1.29, 1.82) is 0 Å². The van der Waals surface area contributed by atoms with Gasteiger partial charge in [-0.1, -0.05) is 39.0 Å². The highest BCUT2D eigenvalue weighted by Gasteiger charge is 2.40. The molecule has 3 aliphatic rings. The molecule has 1 N–H and O–H groups in total. The summed E-state index contributed by atoms with van der Waals surface area (Å²) in [5.74, 6) is 0.426. The summed E-state index contributed by atoms with van der Waals surface area (Å²) in [5, 5.41) is 9.86. The summed E-state index contributed by atoms with van der Waals surface area (Å²) < 4.78 is 11.4. The summed E-state index contributed by atoms with van der Waals surface area (Å²) in [6.07, 6.45) is 10.6. The van der Waals surface area contributed by atoms with E-state index in [-0.39, 0.29) is 42.4 Å². The predicted octanol–water partition coefficient (Wildman–Crippen LogP) is 3.95. The third-order valence-electron chi connectivity index (χ3n) is 6.69. The number of aliphatic hydroxyl groups excluding tert-OH is 1. The molecule has 0 spiro atoms. The molecule has 0 aromatic carbocycles. The van der Waals surface area contributed by atoms with E-state index in [2.05, 4.69) is 25.2 Å². The number of aliphatic hydroxyl groups is 1. The number of rotatable bonds is 6. The third-order valence-corrected chi connectivity index (χ3v) is 6.69. The number of hydrogen-bond acceptors (Lipinski definition) is 5. The second-order valence-corrected chi connectivity index (χ2v) is 8.76. The number of fused-ring (bicyclic) bond motifs is 1. The van der Waals surface area contributed by atoms with Crippen LogP contribution in [0.1, 0.15) is 65.7 Å². The van der Waals surface area contributed by atoms with Crippen LogP contribution in [0.4, 0.5) is 0 Å². The molecule has 28 heavy (non-hydrogen) atoms. The van der Waals surface area contributed by atoms with Gasteiger partial charge in [0.05, 0.1) is 18.4 Å². The van der Waals surface area contributed by atoms with E-state index in [0.717, 1.165) is 32.1 Å². The predicted molar refractivity (Wildman–Crippen MR) is 106 cm³/mol. The molecule has 1 saturated heterocycles. The van der Waals surface area contributed by atoms with Crippen LogP contribution < -0.4 is 0 Å². The molecule has 0 amide bonds. The van der Waals surface area contributed by atoms with Crippen LogP contribution in [0.2, 0.25) is 0 Å². The first-order valence-corrected chi connectivity index (χ1v) is 10.8. The van der Waals surface area contributed by atoms with Crippen LogP contribution in [0.5, 0.6) is 0 Å². The molecule has 156 valence electrons. The fourth-order valence-electron chi connectivity index (χ4n) is 4.80. The molecular weight excluding hydrogens is 356 g/mol. The lowest BCUT2D eigenvalue weighted by atomic mass is 9.66. The number of cyclic esters (lactones) is 1. The van der Waals surface area contributed by atoms with Gasteiger partial charge in [-0.25, -0.2) is 0 Å². The smallest absolute Gasteiger partial charge is 0.308 e. The minimum atomic E-state index is -0.593. The zero-order chi connectivity index (χ0) is 20.3. The monoisotopic (exact) mass is 390 g/mol. The molecule has 1 fully saturated rings. The Hall–Kier alpha value is -1.62.